The zero-order chi connectivity index (χ0) is 13.8. The number of hydrogen-bond acceptors (Lipinski definition) is 6. The van der Waals surface area contributed by atoms with Crippen LogP contribution in [-0.4, -0.2) is 21.9 Å². The van der Waals surface area contributed by atoms with Crippen molar-refractivity contribution in [3.8, 4) is 0 Å². The minimum atomic E-state index is -0.591. The van der Waals surface area contributed by atoms with Crippen molar-refractivity contribution in [3.05, 3.63) is 40.5 Å². The monoisotopic (exact) mass is 279 g/mol. The molecule has 1 heterocycles. The van der Waals surface area contributed by atoms with Crippen LogP contribution in [0, 0.1) is 0 Å². The smallest absolute Gasteiger partial charge is 0.297 e. The predicted molar refractivity (Wildman–Crippen MR) is 69.8 cm³/mol. The van der Waals surface area contributed by atoms with E-state index < -0.39 is 5.91 Å². The number of aromatic nitrogens is 2. The van der Waals surface area contributed by atoms with Crippen molar-refractivity contribution >= 4 is 29.0 Å². The molecule has 0 aliphatic rings. The Kier molecular flexibility index (Phi) is 3.76. The number of nitrogens with zero attached hydrogens (tertiary/aromatic N) is 3. The van der Waals surface area contributed by atoms with E-state index >= 15 is 0 Å². The van der Waals surface area contributed by atoms with Crippen LogP contribution in [0.5, 0.6) is 0 Å². The standard InChI is InChI=1S/C11H10ClN5O2/c1-6(7-2-4-8(12)5-3-7)14-15-11(18)9-10(13)17-19-16-9/h2-5H,1H3,(H2,13,17)(H,15,18). The van der Waals surface area contributed by atoms with Crippen LogP contribution in [-0.2, 0) is 0 Å². The van der Waals surface area contributed by atoms with Crippen molar-refractivity contribution in [2.75, 3.05) is 5.73 Å². The molecular formula is C11H10ClN5O2. The van der Waals surface area contributed by atoms with Crippen LogP contribution in [0.3, 0.4) is 0 Å². The van der Waals surface area contributed by atoms with Crippen molar-refractivity contribution in [2.45, 2.75) is 6.92 Å². The number of nitrogen functional groups attached to an aromatic ring is 1. The number of carbonyl (C=O) groups excluding carboxylic acids is 1. The van der Waals surface area contributed by atoms with Crippen molar-refractivity contribution in [1.82, 2.24) is 15.7 Å². The highest BCUT2D eigenvalue weighted by molar-refractivity contribution is 6.30. The first-order chi connectivity index (χ1) is 9.08. The molecule has 0 aliphatic heterocycles. The molecule has 2 aromatic rings. The third-order valence-electron chi connectivity index (χ3n) is 2.32. The van der Waals surface area contributed by atoms with E-state index in [1.807, 2.05) is 0 Å². The highest BCUT2D eigenvalue weighted by atomic mass is 35.5. The molecule has 0 unspecified atom stereocenters. The van der Waals surface area contributed by atoms with Crippen LogP contribution in [0.4, 0.5) is 5.82 Å². The number of halogens is 1. The molecule has 19 heavy (non-hydrogen) atoms. The van der Waals surface area contributed by atoms with Crippen LogP contribution >= 0.6 is 11.6 Å². The summed E-state index contributed by atoms with van der Waals surface area (Å²) in [5.41, 5.74) is 9.03. The van der Waals surface area contributed by atoms with E-state index in [9.17, 15) is 4.79 Å². The molecule has 2 rings (SSSR count). The Morgan fingerprint density at radius 2 is 2.05 bits per heavy atom. The van der Waals surface area contributed by atoms with Gasteiger partial charge < -0.3 is 5.73 Å². The summed E-state index contributed by atoms with van der Waals surface area (Å²) >= 11 is 5.78. The summed E-state index contributed by atoms with van der Waals surface area (Å²) in [5.74, 6) is -0.677. The molecule has 0 saturated carbocycles. The number of anilines is 1. The molecule has 1 amide bonds. The van der Waals surface area contributed by atoms with Crippen LogP contribution < -0.4 is 11.2 Å². The van der Waals surface area contributed by atoms with E-state index in [2.05, 4.69) is 25.5 Å². The average molecular weight is 280 g/mol. The maximum atomic E-state index is 11.6. The summed E-state index contributed by atoms with van der Waals surface area (Å²) in [6.07, 6.45) is 0. The molecule has 1 aromatic heterocycles. The number of rotatable bonds is 3. The van der Waals surface area contributed by atoms with Gasteiger partial charge in [0.05, 0.1) is 5.71 Å². The number of hydrazone groups is 1. The normalized spacial score (nSPS) is 11.4. The van der Waals surface area contributed by atoms with E-state index in [1.165, 1.54) is 0 Å². The average Bonchev–Trinajstić information content (AvgIpc) is 2.83. The zero-order valence-electron chi connectivity index (χ0n) is 9.92. The van der Waals surface area contributed by atoms with Gasteiger partial charge in [-0.15, -0.1) is 0 Å². The largest absolute Gasteiger partial charge is 0.379 e. The Morgan fingerprint density at radius 1 is 1.37 bits per heavy atom. The van der Waals surface area contributed by atoms with Crippen LogP contribution in [0.15, 0.2) is 34.0 Å². The first kappa shape index (κ1) is 13.0. The summed E-state index contributed by atoms with van der Waals surface area (Å²) in [5, 5.41) is 11.2. The Hall–Kier alpha value is -2.41. The number of nitrogens with one attached hydrogen (secondary N) is 1. The predicted octanol–water partition coefficient (Wildman–Crippen LogP) is 1.46. The Bertz CT molecular complexity index is 620. The molecule has 3 N–H and O–H groups in total. The second kappa shape index (κ2) is 5.49. The van der Waals surface area contributed by atoms with Gasteiger partial charge in [-0.3, -0.25) is 4.79 Å². The number of carbonyl (C=O) groups is 1. The van der Waals surface area contributed by atoms with Gasteiger partial charge in [-0.05, 0) is 34.9 Å². The summed E-state index contributed by atoms with van der Waals surface area (Å²) in [4.78, 5) is 11.6. The maximum Gasteiger partial charge on any atom is 0.297 e. The molecule has 0 aliphatic carbocycles. The molecule has 8 heteroatoms. The fourth-order valence-corrected chi connectivity index (χ4v) is 1.42. The van der Waals surface area contributed by atoms with E-state index in [0.29, 0.717) is 10.7 Å². The Labute approximate surface area is 113 Å². The second-order valence-corrected chi connectivity index (χ2v) is 4.08. The van der Waals surface area contributed by atoms with Gasteiger partial charge in [0, 0.05) is 5.02 Å². The maximum absolute atomic E-state index is 11.6. The molecule has 0 spiro atoms. The molecule has 1 aromatic carbocycles. The molecule has 0 saturated heterocycles. The van der Waals surface area contributed by atoms with Crippen LogP contribution in [0.2, 0.25) is 5.02 Å². The van der Waals surface area contributed by atoms with Crippen molar-refractivity contribution in [3.63, 3.8) is 0 Å². The lowest BCUT2D eigenvalue weighted by molar-refractivity contribution is 0.0945. The lowest BCUT2D eigenvalue weighted by Crippen LogP contribution is -2.20. The van der Waals surface area contributed by atoms with Gasteiger partial charge >= 0.3 is 0 Å². The molecule has 0 radical (unpaired) electrons. The van der Waals surface area contributed by atoms with Gasteiger partial charge in [0.25, 0.3) is 5.91 Å². The molecular weight excluding hydrogens is 270 g/mol. The fraction of sp³-hybridized carbons (Fsp3) is 0.0909. The minimum Gasteiger partial charge on any atom is -0.379 e. The molecule has 98 valence electrons. The Balaban J connectivity index is 2.08. The van der Waals surface area contributed by atoms with E-state index in [1.54, 1.807) is 31.2 Å². The number of benzene rings is 1. The van der Waals surface area contributed by atoms with Gasteiger partial charge in [-0.25, -0.2) is 10.1 Å². The summed E-state index contributed by atoms with van der Waals surface area (Å²) in [6.45, 7) is 1.74. The molecule has 0 bridgehead atoms. The van der Waals surface area contributed by atoms with Gasteiger partial charge in [0.2, 0.25) is 11.5 Å². The summed E-state index contributed by atoms with van der Waals surface area (Å²) in [6, 6.07) is 7.05. The van der Waals surface area contributed by atoms with Gasteiger partial charge in [0.15, 0.2) is 0 Å². The van der Waals surface area contributed by atoms with Crippen LogP contribution in [0.1, 0.15) is 23.0 Å². The minimum absolute atomic E-state index is 0.0863. The lowest BCUT2D eigenvalue weighted by atomic mass is 10.1. The van der Waals surface area contributed by atoms with Gasteiger partial charge in [0.1, 0.15) is 0 Å². The van der Waals surface area contributed by atoms with E-state index in [-0.39, 0.29) is 11.5 Å². The SMILES string of the molecule is CC(=NNC(=O)c1nonc1N)c1ccc(Cl)cc1. The van der Waals surface area contributed by atoms with Gasteiger partial charge in [-0.2, -0.15) is 5.10 Å². The molecule has 0 atom stereocenters. The van der Waals surface area contributed by atoms with E-state index in [4.69, 9.17) is 17.3 Å². The summed E-state index contributed by atoms with van der Waals surface area (Å²) < 4.78 is 4.32. The van der Waals surface area contributed by atoms with Crippen molar-refractivity contribution in [1.29, 1.82) is 0 Å². The first-order valence-electron chi connectivity index (χ1n) is 5.26. The zero-order valence-corrected chi connectivity index (χ0v) is 10.7. The van der Waals surface area contributed by atoms with E-state index in [0.717, 1.165) is 5.56 Å². The third-order valence-corrected chi connectivity index (χ3v) is 2.57. The molecule has 0 fully saturated rings. The van der Waals surface area contributed by atoms with Gasteiger partial charge in [-0.1, -0.05) is 23.7 Å². The number of hydrogen-bond donors (Lipinski definition) is 2. The lowest BCUT2D eigenvalue weighted by Gasteiger charge is -2.01. The quantitative estimate of drug-likeness (QED) is 0.653. The Morgan fingerprint density at radius 3 is 2.63 bits per heavy atom. The number of amides is 1. The second-order valence-electron chi connectivity index (χ2n) is 3.64. The highest BCUT2D eigenvalue weighted by Crippen LogP contribution is 2.10. The van der Waals surface area contributed by atoms with Crippen molar-refractivity contribution in [2.24, 2.45) is 5.10 Å². The third kappa shape index (κ3) is 3.08. The fourth-order valence-electron chi connectivity index (χ4n) is 1.30. The topological polar surface area (TPSA) is 106 Å². The highest BCUT2D eigenvalue weighted by Gasteiger charge is 2.15. The van der Waals surface area contributed by atoms with Crippen LogP contribution in [0.25, 0.3) is 0 Å². The summed E-state index contributed by atoms with van der Waals surface area (Å²) in [7, 11) is 0. The first-order valence-corrected chi connectivity index (χ1v) is 5.64. The van der Waals surface area contributed by atoms with Crippen molar-refractivity contribution < 1.29 is 9.42 Å². The number of nitrogens with two attached hydrogens (primary N) is 1. The molecule has 7 nitrogen and oxygen atoms in total.